The number of rotatable bonds is 5. The minimum Gasteiger partial charge on any atom is -0.459 e. The second-order valence-electron chi connectivity index (χ2n) is 6.03. The number of esters is 1. The van der Waals surface area contributed by atoms with Gasteiger partial charge in [0.15, 0.2) is 0 Å². The molecule has 1 saturated heterocycles. The summed E-state index contributed by atoms with van der Waals surface area (Å²) in [6.45, 7) is 6.20. The van der Waals surface area contributed by atoms with Gasteiger partial charge in [-0.15, -0.1) is 0 Å². The van der Waals surface area contributed by atoms with Crippen LogP contribution < -0.4 is 4.72 Å². The Morgan fingerprint density at radius 3 is 2.43 bits per heavy atom. The number of nitrogens with one attached hydrogen (secondary N) is 1. The minimum absolute atomic E-state index is 0.123. The van der Waals surface area contributed by atoms with Crippen LogP contribution in [0.4, 0.5) is 0 Å². The molecule has 2 atom stereocenters. The van der Waals surface area contributed by atoms with Gasteiger partial charge in [-0.1, -0.05) is 36.9 Å². The smallest absolute Gasteiger partial charge is 0.338 e. The summed E-state index contributed by atoms with van der Waals surface area (Å²) in [6.07, 6.45) is -1.13. The van der Waals surface area contributed by atoms with Crippen LogP contribution in [0.1, 0.15) is 36.7 Å². The van der Waals surface area contributed by atoms with E-state index in [1.54, 1.807) is 24.3 Å². The topological polar surface area (TPSA) is 102 Å². The standard InChI is InChI=1S/C15H24N2O5S/c1-10(2)11(3)22-15(19)13-6-4-12(5-7-13)8-17-9-14(18)16-23(17,20)21/h4-7,10-11,14,16,18,20-21H,8-9H2,1-3H3. The summed E-state index contributed by atoms with van der Waals surface area (Å²) in [5.41, 5.74) is 1.25. The Labute approximate surface area is 137 Å². The molecule has 1 fully saturated rings. The van der Waals surface area contributed by atoms with E-state index >= 15 is 0 Å². The Balaban J connectivity index is 1.98. The molecule has 0 spiro atoms. The Kier molecular flexibility index (Phi) is 5.66. The van der Waals surface area contributed by atoms with E-state index in [9.17, 15) is 19.0 Å². The van der Waals surface area contributed by atoms with E-state index in [1.807, 2.05) is 20.8 Å². The fraction of sp³-hybridized carbons (Fsp3) is 0.533. The number of hydrogen-bond acceptors (Lipinski definition) is 7. The number of ether oxygens (including phenoxy) is 1. The Bertz CT molecular complexity index is 549. The lowest BCUT2D eigenvalue weighted by Gasteiger charge is -2.35. The molecule has 2 unspecified atom stereocenters. The largest absolute Gasteiger partial charge is 0.459 e. The summed E-state index contributed by atoms with van der Waals surface area (Å²) in [5.74, 6) is -0.127. The van der Waals surface area contributed by atoms with Crippen molar-refractivity contribution in [2.75, 3.05) is 6.54 Å². The van der Waals surface area contributed by atoms with Crippen molar-refractivity contribution in [3.05, 3.63) is 35.4 Å². The van der Waals surface area contributed by atoms with E-state index in [4.69, 9.17) is 4.74 Å². The van der Waals surface area contributed by atoms with Crippen molar-refractivity contribution >= 4 is 16.9 Å². The zero-order valence-corrected chi connectivity index (χ0v) is 14.3. The molecule has 1 aliphatic rings. The maximum atomic E-state index is 12.0. The van der Waals surface area contributed by atoms with Gasteiger partial charge >= 0.3 is 5.97 Å². The molecule has 0 radical (unpaired) electrons. The highest BCUT2D eigenvalue weighted by atomic mass is 32.3. The van der Waals surface area contributed by atoms with Gasteiger partial charge in [-0.25, -0.2) is 4.79 Å². The zero-order chi connectivity index (χ0) is 17.2. The first kappa shape index (κ1) is 18.2. The number of carbonyl (C=O) groups is 1. The number of β-amino-alcohol motifs (C(OH)–C–C–N with tert-alkyl or cyclic N) is 1. The van der Waals surface area contributed by atoms with Crippen molar-refractivity contribution < 1.29 is 23.7 Å². The number of carbonyl (C=O) groups excluding carboxylic acids is 1. The van der Waals surface area contributed by atoms with Crippen LogP contribution in [-0.2, 0) is 11.3 Å². The lowest BCUT2D eigenvalue weighted by molar-refractivity contribution is 0.0238. The van der Waals surface area contributed by atoms with E-state index < -0.39 is 17.2 Å². The highest BCUT2D eigenvalue weighted by Gasteiger charge is 2.34. The summed E-state index contributed by atoms with van der Waals surface area (Å²) in [6, 6.07) is 6.76. The predicted octanol–water partition coefficient (Wildman–Crippen LogP) is 2.19. The van der Waals surface area contributed by atoms with Gasteiger partial charge in [-0.2, -0.15) is 9.03 Å². The van der Waals surface area contributed by atoms with Crippen LogP contribution in [0.25, 0.3) is 0 Å². The molecule has 0 saturated carbocycles. The average molecular weight is 344 g/mol. The first-order chi connectivity index (χ1) is 10.7. The summed E-state index contributed by atoms with van der Waals surface area (Å²) < 4.78 is 28.6. The lowest BCUT2D eigenvalue weighted by Crippen LogP contribution is -2.25. The molecule has 0 amide bonds. The Morgan fingerprint density at radius 1 is 1.35 bits per heavy atom. The van der Waals surface area contributed by atoms with Crippen molar-refractivity contribution in [3.8, 4) is 0 Å². The molecule has 7 nitrogen and oxygen atoms in total. The molecule has 23 heavy (non-hydrogen) atoms. The van der Waals surface area contributed by atoms with Crippen LogP contribution >= 0.6 is 11.0 Å². The normalized spacial score (nSPS) is 23.7. The van der Waals surface area contributed by atoms with Gasteiger partial charge in [0.05, 0.1) is 12.1 Å². The van der Waals surface area contributed by atoms with Crippen LogP contribution in [0.5, 0.6) is 0 Å². The van der Waals surface area contributed by atoms with Crippen molar-refractivity contribution in [1.29, 1.82) is 0 Å². The number of benzene rings is 1. The highest BCUT2D eigenvalue weighted by Crippen LogP contribution is 2.44. The van der Waals surface area contributed by atoms with E-state index in [2.05, 4.69) is 4.72 Å². The summed E-state index contributed by atoms with van der Waals surface area (Å²) in [4.78, 5) is 12.0. The number of aliphatic hydroxyl groups is 1. The molecule has 1 aromatic rings. The van der Waals surface area contributed by atoms with Crippen molar-refractivity contribution in [2.24, 2.45) is 5.92 Å². The van der Waals surface area contributed by atoms with E-state index in [-0.39, 0.29) is 31.1 Å². The van der Waals surface area contributed by atoms with Crippen LogP contribution in [0, 0.1) is 5.92 Å². The summed E-state index contributed by atoms with van der Waals surface area (Å²) >= 11 is 0. The molecule has 1 heterocycles. The van der Waals surface area contributed by atoms with Gasteiger partial charge in [-0.05, 0) is 30.5 Å². The lowest BCUT2D eigenvalue weighted by atomic mass is 10.1. The minimum atomic E-state index is -3.14. The van der Waals surface area contributed by atoms with Gasteiger partial charge < -0.3 is 9.84 Å². The monoisotopic (exact) mass is 344 g/mol. The Hall–Kier alpha value is -1.16. The molecule has 0 bridgehead atoms. The van der Waals surface area contributed by atoms with Crippen LogP contribution in [-0.4, -0.2) is 43.4 Å². The number of hydrogen-bond donors (Lipinski definition) is 4. The number of aliphatic hydroxyl groups excluding tert-OH is 1. The second-order valence-corrected chi connectivity index (χ2v) is 7.82. The quantitative estimate of drug-likeness (QED) is 0.607. The van der Waals surface area contributed by atoms with E-state index in [1.165, 1.54) is 4.31 Å². The SMILES string of the molecule is CC(C)C(C)OC(=O)c1ccc(CN2CC(O)NS2(O)O)cc1. The van der Waals surface area contributed by atoms with Crippen LogP contribution in [0.3, 0.4) is 0 Å². The number of nitrogens with zero attached hydrogens (tertiary/aromatic N) is 1. The molecule has 4 N–H and O–H groups in total. The third-order valence-corrected chi connectivity index (χ3v) is 5.40. The molecular formula is C15H24N2O5S. The van der Waals surface area contributed by atoms with Crippen molar-refractivity contribution in [2.45, 2.75) is 39.6 Å². The maximum absolute atomic E-state index is 12.0. The molecule has 1 aliphatic heterocycles. The van der Waals surface area contributed by atoms with Gasteiger partial charge in [0.2, 0.25) is 0 Å². The van der Waals surface area contributed by atoms with Gasteiger partial charge in [0.25, 0.3) is 0 Å². The fourth-order valence-corrected chi connectivity index (χ4v) is 3.34. The third kappa shape index (κ3) is 4.66. The van der Waals surface area contributed by atoms with E-state index in [0.29, 0.717) is 5.56 Å². The highest BCUT2D eigenvalue weighted by molar-refractivity contribution is 8.20. The first-order valence-electron chi connectivity index (χ1n) is 7.47. The van der Waals surface area contributed by atoms with Gasteiger partial charge in [-0.3, -0.25) is 9.11 Å². The predicted molar refractivity (Wildman–Crippen MR) is 88.6 cm³/mol. The van der Waals surface area contributed by atoms with Crippen LogP contribution in [0.15, 0.2) is 24.3 Å². The van der Waals surface area contributed by atoms with Crippen molar-refractivity contribution in [1.82, 2.24) is 9.03 Å². The van der Waals surface area contributed by atoms with Crippen molar-refractivity contribution in [3.63, 3.8) is 0 Å². The molecule has 2 rings (SSSR count). The first-order valence-corrected chi connectivity index (χ1v) is 8.98. The maximum Gasteiger partial charge on any atom is 0.338 e. The third-order valence-electron chi connectivity index (χ3n) is 3.81. The Morgan fingerprint density at radius 2 is 1.96 bits per heavy atom. The zero-order valence-electron chi connectivity index (χ0n) is 13.5. The summed E-state index contributed by atoms with van der Waals surface area (Å²) in [7, 11) is -3.14. The van der Waals surface area contributed by atoms with Gasteiger partial charge in [0.1, 0.15) is 12.3 Å². The van der Waals surface area contributed by atoms with E-state index in [0.717, 1.165) is 5.56 Å². The molecular weight excluding hydrogens is 320 g/mol. The molecule has 130 valence electrons. The van der Waals surface area contributed by atoms with Crippen LogP contribution in [0.2, 0.25) is 0 Å². The molecule has 1 aromatic carbocycles. The fourth-order valence-electron chi connectivity index (χ4n) is 2.07. The molecule has 8 heteroatoms. The second kappa shape index (κ2) is 7.16. The molecule has 0 aliphatic carbocycles. The average Bonchev–Trinajstić information content (AvgIpc) is 2.71. The van der Waals surface area contributed by atoms with Gasteiger partial charge in [0, 0.05) is 6.54 Å². The molecule has 0 aromatic heterocycles. The summed E-state index contributed by atoms with van der Waals surface area (Å²) in [5, 5.41) is 9.45.